The first-order valence-corrected chi connectivity index (χ1v) is 6.82. The molecule has 0 aliphatic rings. The molecule has 0 saturated heterocycles. The van der Waals surface area contributed by atoms with Gasteiger partial charge in [0.2, 0.25) is 0 Å². The van der Waals surface area contributed by atoms with Crippen molar-refractivity contribution in [3.05, 3.63) is 46.0 Å². The summed E-state index contributed by atoms with van der Waals surface area (Å²) in [6.45, 7) is 2.01. The third-order valence-electron chi connectivity index (χ3n) is 2.80. The van der Waals surface area contributed by atoms with Gasteiger partial charge in [0.15, 0.2) is 0 Å². The average Bonchev–Trinajstić information content (AvgIpc) is 2.81. The Bertz CT molecular complexity index is 559. The van der Waals surface area contributed by atoms with Gasteiger partial charge in [0.05, 0.1) is 16.7 Å². The summed E-state index contributed by atoms with van der Waals surface area (Å²) in [4.78, 5) is 0.658. The van der Waals surface area contributed by atoms with E-state index in [0.29, 0.717) is 4.88 Å². The van der Waals surface area contributed by atoms with E-state index in [0.717, 1.165) is 36.1 Å². The lowest BCUT2D eigenvalue weighted by atomic mass is 10.0. The fourth-order valence-corrected chi connectivity index (χ4v) is 2.55. The lowest BCUT2D eigenvalue weighted by Crippen LogP contribution is -2.05. The van der Waals surface area contributed by atoms with E-state index in [-0.39, 0.29) is 12.0 Å². The van der Waals surface area contributed by atoms with Crippen LogP contribution in [-0.4, -0.2) is 14.7 Å². The first kappa shape index (κ1) is 14.0. The number of halogens is 2. The summed E-state index contributed by atoms with van der Waals surface area (Å²) in [5.74, 6) is -1.27. The van der Waals surface area contributed by atoms with Crippen LogP contribution in [-0.2, 0) is 12.8 Å². The van der Waals surface area contributed by atoms with E-state index in [9.17, 15) is 13.9 Å². The second kappa shape index (κ2) is 6.16. The lowest BCUT2D eigenvalue weighted by Gasteiger charge is -2.10. The SMILES string of the molecule is CCCc1nnsc1C(O)Cc1ccc(F)cc1F. The molecule has 102 valence electrons. The predicted octanol–water partition coefficient (Wildman–Crippen LogP) is 3.04. The molecule has 0 amide bonds. The zero-order valence-electron chi connectivity index (χ0n) is 10.4. The van der Waals surface area contributed by atoms with Crippen LogP contribution in [0.1, 0.15) is 35.6 Å². The van der Waals surface area contributed by atoms with Crippen LogP contribution in [0.3, 0.4) is 0 Å². The number of rotatable bonds is 5. The molecule has 0 aliphatic carbocycles. The molecule has 1 unspecified atom stereocenters. The Morgan fingerprint density at radius 3 is 2.84 bits per heavy atom. The summed E-state index contributed by atoms with van der Waals surface area (Å²) in [7, 11) is 0. The van der Waals surface area contributed by atoms with Crippen LogP contribution in [0.4, 0.5) is 8.78 Å². The first-order valence-electron chi connectivity index (χ1n) is 6.05. The second-order valence-electron chi connectivity index (χ2n) is 4.29. The monoisotopic (exact) mass is 284 g/mol. The van der Waals surface area contributed by atoms with Gasteiger partial charge in [-0.15, -0.1) is 5.10 Å². The maximum atomic E-state index is 13.5. The minimum Gasteiger partial charge on any atom is -0.387 e. The molecular weight excluding hydrogens is 270 g/mol. The fourth-order valence-electron chi connectivity index (χ4n) is 1.87. The second-order valence-corrected chi connectivity index (χ2v) is 5.08. The van der Waals surface area contributed by atoms with Crippen LogP contribution in [0.5, 0.6) is 0 Å². The molecule has 0 spiro atoms. The van der Waals surface area contributed by atoms with Crippen molar-refractivity contribution >= 4 is 11.5 Å². The van der Waals surface area contributed by atoms with Crippen molar-refractivity contribution in [2.75, 3.05) is 0 Å². The molecule has 1 heterocycles. The maximum absolute atomic E-state index is 13.5. The van der Waals surface area contributed by atoms with Crippen molar-refractivity contribution in [3.8, 4) is 0 Å². The van der Waals surface area contributed by atoms with E-state index in [1.807, 2.05) is 6.92 Å². The number of aromatic nitrogens is 2. The van der Waals surface area contributed by atoms with Crippen LogP contribution >= 0.6 is 11.5 Å². The number of hydrogen-bond donors (Lipinski definition) is 1. The zero-order chi connectivity index (χ0) is 13.8. The lowest BCUT2D eigenvalue weighted by molar-refractivity contribution is 0.179. The Balaban J connectivity index is 2.16. The van der Waals surface area contributed by atoms with Crippen molar-refractivity contribution in [1.82, 2.24) is 9.59 Å². The molecule has 2 rings (SSSR count). The van der Waals surface area contributed by atoms with Crippen molar-refractivity contribution in [2.45, 2.75) is 32.3 Å². The summed E-state index contributed by atoms with van der Waals surface area (Å²) in [5.41, 5.74) is 1.03. The molecule has 1 aromatic heterocycles. The Labute approximate surface area is 114 Å². The summed E-state index contributed by atoms with van der Waals surface area (Å²) >= 11 is 1.12. The molecule has 2 aromatic rings. The summed E-state index contributed by atoms with van der Waals surface area (Å²) < 4.78 is 30.1. The normalized spacial score (nSPS) is 12.6. The van der Waals surface area contributed by atoms with Gasteiger partial charge < -0.3 is 5.11 Å². The third kappa shape index (κ3) is 3.33. The van der Waals surface area contributed by atoms with Gasteiger partial charge in [-0.05, 0) is 29.6 Å². The zero-order valence-corrected chi connectivity index (χ0v) is 11.3. The highest BCUT2D eigenvalue weighted by Crippen LogP contribution is 2.25. The van der Waals surface area contributed by atoms with Crippen molar-refractivity contribution in [3.63, 3.8) is 0 Å². The Morgan fingerprint density at radius 1 is 1.37 bits per heavy atom. The predicted molar refractivity (Wildman–Crippen MR) is 68.9 cm³/mol. The Morgan fingerprint density at radius 2 is 2.16 bits per heavy atom. The highest BCUT2D eigenvalue weighted by molar-refractivity contribution is 7.05. The number of aliphatic hydroxyl groups is 1. The van der Waals surface area contributed by atoms with Crippen LogP contribution in [0.25, 0.3) is 0 Å². The van der Waals surface area contributed by atoms with Crippen LogP contribution in [0.2, 0.25) is 0 Å². The maximum Gasteiger partial charge on any atom is 0.129 e. The molecule has 0 saturated carbocycles. The molecule has 0 fully saturated rings. The average molecular weight is 284 g/mol. The topological polar surface area (TPSA) is 46.0 Å². The molecule has 3 nitrogen and oxygen atoms in total. The van der Waals surface area contributed by atoms with E-state index in [2.05, 4.69) is 9.59 Å². The van der Waals surface area contributed by atoms with Gasteiger partial charge >= 0.3 is 0 Å². The molecule has 1 atom stereocenters. The number of aryl methyl sites for hydroxylation is 1. The van der Waals surface area contributed by atoms with Crippen LogP contribution in [0.15, 0.2) is 18.2 Å². The number of aliphatic hydroxyl groups excluding tert-OH is 1. The number of nitrogens with zero attached hydrogens (tertiary/aromatic N) is 2. The molecule has 1 N–H and O–H groups in total. The van der Waals surface area contributed by atoms with Crippen molar-refractivity contribution in [1.29, 1.82) is 0 Å². The third-order valence-corrected chi connectivity index (χ3v) is 3.67. The largest absolute Gasteiger partial charge is 0.387 e. The molecular formula is C13H14F2N2OS. The fraction of sp³-hybridized carbons (Fsp3) is 0.385. The molecule has 0 aliphatic heterocycles. The van der Waals surface area contributed by atoms with E-state index in [1.54, 1.807) is 0 Å². The Hall–Kier alpha value is -1.40. The van der Waals surface area contributed by atoms with Gasteiger partial charge in [0.1, 0.15) is 11.6 Å². The Kier molecular flexibility index (Phi) is 4.55. The van der Waals surface area contributed by atoms with Crippen LogP contribution in [0, 0.1) is 11.6 Å². The summed E-state index contributed by atoms with van der Waals surface area (Å²) in [6, 6.07) is 3.35. The highest BCUT2D eigenvalue weighted by atomic mass is 32.1. The van der Waals surface area contributed by atoms with Gasteiger partial charge in [0, 0.05) is 12.5 Å². The van der Waals surface area contributed by atoms with E-state index in [4.69, 9.17) is 0 Å². The smallest absolute Gasteiger partial charge is 0.129 e. The van der Waals surface area contributed by atoms with Gasteiger partial charge in [0.25, 0.3) is 0 Å². The molecule has 1 aromatic carbocycles. The number of hydrogen-bond acceptors (Lipinski definition) is 4. The summed E-state index contributed by atoms with van der Waals surface area (Å²) in [5, 5.41) is 14.1. The van der Waals surface area contributed by atoms with Crippen LogP contribution < -0.4 is 0 Å². The van der Waals surface area contributed by atoms with E-state index < -0.39 is 17.7 Å². The molecule has 19 heavy (non-hydrogen) atoms. The standard InChI is InChI=1S/C13H14F2N2OS/c1-2-3-11-13(19-17-16-11)12(18)6-8-4-5-9(14)7-10(8)15/h4-5,7,12,18H,2-3,6H2,1H3. The van der Waals surface area contributed by atoms with E-state index >= 15 is 0 Å². The van der Waals surface area contributed by atoms with Crippen molar-refractivity contribution in [2.24, 2.45) is 0 Å². The van der Waals surface area contributed by atoms with Gasteiger partial charge in [-0.2, -0.15) is 0 Å². The number of benzene rings is 1. The molecule has 0 bridgehead atoms. The minimum absolute atomic E-state index is 0.0900. The first-order chi connectivity index (χ1) is 9.11. The minimum atomic E-state index is -0.860. The van der Waals surface area contributed by atoms with Gasteiger partial charge in [-0.1, -0.05) is 23.9 Å². The quantitative estimate of drug-likeness (QED) is 0.918. The highest BCUT2D eigenvalue weighted by Gasteiger charge is 2.18. The van der Waals surface area contributed by atoms with Gasteiger partial charge in [-0.25, -0.2) is 8.78 Å². The van der Waals surface area contributed by atoms with Crippen molar-refractivity contribution < 1.29 is 13.9 Å². The summed E-state index contributed by atoms with van der Waals surface area (Å²) in [6.07, 6.45) is 0.860. The van der Waals surface area contributed by atoms with Gasteiger partial charge in [-0.3, -0.25) is 0 Å². The van der Waals surface area contributed by atoms with E-state index in [1.165, 1.54) is 12.1 Å². The molecule has 0 radical (unpaired) electrons. The molecule has 6 heteroatoms.